The van der Waals surface area contributed by atoms with Gasteiger partial charge in [-0.2, -0.15) is 4.39 Å². The molecule has 1 unspecified atom stereocenters. The number of nitrogens with one attached hydrogen (secondary N) is 1. The Kier molecular flexibility index (Phi) is 5.03. The molecule has 0 aromatic heterocycles. The number of piperidine rings is 1. The van der Waals surface area contributed by atoms with Crippen molar-refractivity contribution in [2.75, 3.05) is 19.6 Å². The Morgan fingerprint density at radius 1 is 1.55 bits per heavy atom. The number of benzene rings is 1. The number of halogens is 1. The Labute approximate surface area is 117 Å². The highest BCUT2D eigenvalue weighted by molar-refractivity contribution is 5.36. The molecule has 0 spiro atoms. The Morgan fingerprint density at radius 3 is 2.95 bits per heavy atom. The molecule has 110 valence electrons. The first-order chi connectivity index (χ1) is 9.63. The maximum Gasteiger partial charge on any atom is 0.305 e. The van der Waals surface area contributed by atoms with E-state index < -0.39 is 16.4 Å². The van der Waals surface area contributed by atoms with E-state index in [-0.39, 0.29) is 0 Å². The molecule has 5 nitrogen and oxygen atoms in total. The van der Waals surface area contributed by atoms with E-state index in [9.17, 15) is 14.5 Å². The average molecular weight is 281 g/mol. The van der Waals surface area contributed by atoms with Crippen LogP contribution in [-0.2, 0) is 6.54 Å². The van der Waals surface area contributed by atoms with Crippen LogP contribution in [0.15, 0.2) is 18.2 Å². The molecular weight excluding hydrogens is 261 g/mol. The molecule has 1 aliphatic rings. The molecule has 0 amide bonds. The van der Waals surface area contributed by atoms with E-state index in [2.05, 4.69) is 10.2 Å². The smallest absolute Gasteiger partial charge is 0.305 e. The first kappa shape index (κ1) is 14.9. The normalized spacial score (nSPS) is 19.2. The number of nitro groups is 1. The van der Waals surface area contributed by atoms with Crippen molar-refractivity contribution >= 4 is 5.69 Å². The standard InChI is InChI=1S/C14H20FN3O2/c1-2-17(12-6-4-8-16-9-12)10-11-5-3-7-13(14(11)15)18(19)20/h3,5,7,12,16H,2,4,6,8-10H2,1H3. The summed E-state index contributed by atoms with van der Waals surface area (Å²) < 4.78 is 14.1. The second-order valence-electron chi connectivity index (χ2n) is 5.07. The summed E-state index contributed by atoms with van der Waals surface area (Å²) in [6.07, 6.45) is 2.19. The molecule has 1 heterocycles. The molecule has 1 aliphatic heterocycles. The summed E-state index contributed by atoms with van der Waals surface area (Å²) >= 11 is 0. The molecule has 0 aliphatic carbocycles. The van der Waals surface area contributed by atoms with Gasteiger partial charge in [-0.1, -0.05) is 19.1 Å². The van der Waals surface area contributed by atoms with Gasteiger partial charge < -0.3 is 5.32 Å². The lowest BCUT2D eigenvalue weighted by Gasteiger charge is -2.34. The third-order valence-corrected chi connectivity index (χ3v) is 3.82. The molecule has 0 saturated carbocycles. The molecule has 1 fully saturated rings. The Hall–Kier alpha value is -1.53. The van der Waals surface area contributed by atoms with Crippen LogP contribution < -0.4 is 5.32 Å². The fourth-order valence-electron chi connectivity index (χ4n) is 2.69. The lowest BCUT2D eigenvalue weighted by atomic mass is 10.0. The van der Waals surface area contributed by atoms with Gasteiger partial charge in [-0.15, -0.1) is 0 Å². The molecule has 20 heavy (non-hydrogen) atoms. The molecule has 6 heteroatoms. The zero-order valence-electron chi connectivity index (χ0n) is 11.6. The van der Waals surface area contributed by atoms with Crippen LogP contribution in [0.2, 0.25) is 0 Å². The van der Waals surface area contributed by atoms with Gasteiger partial charge in [0.25, 0.3) is 0 Å². The van der Waals surface area contributed by atoms with Crippen molar-refractivity contribution in [3.8, 4) is 0 Å². The maximum absolute atomic E-state index is 14.1. The van der Waals surface area contributed by atoms with Crippen molar-refractivity contribution in [1.29, 1.82) is 0 Å². The molecule has 1 aromatic rings. The van der Waals surface area contributed by atoms with Gasteiger partial charge in [0.15, 0.2) is 0 Å². The minimum absolute atomic E-state index is 0.368. The third kappa shape index (κ3) is 3.32. The lowest BCUT2D eigenvalue weighted by molar-refractivity contribution is -0.387. The lowest BCUT2D eigenvalue weighted by Crippen LogP contribution is -2.45. The van der Waals surface area contributed by atoms with Gasteiger partial charge in [-0.3, -0.25) is 15.0 Å². The monoisotopic (exact) mass is 281 g/mol. The van der Waals surface area contributed by atoms with Crippen molar-refractivity contribution in [2.45, 2.75) is 32.4 Å². The Balaban J connectivity index is 2.14. The summed E-state index contributed by atoms with van der Waals surface area (Å²) in [5, 5.41) is 14.1. The fourth-order valence-corrected chi connectivity index (χ4v) is 2.69. The predicted octanol–water partition coefficient (Wildman–Crippen LogP) is 2.31. The van der Waals surface area contributed by atoms with Crippen LogP contribution in [0.1, 0.15) is 25.3 Å². The predicted molar refractivity (Wildman–Crippen MR) is 75.0 cm³/mol. The van der Waals surface area contributed by atoms with Crippen LogP contribution in [0.3, 0.4) is 0 Å². The highest BCUT2D eigenvalue weighted by Crippen LogP contribution is 2.22. The molecule has 2 rings (SSSR count). The van der Waals surface area contributed by atoms with E-state index in [0.717, 1.165) is 32.5 Å². The summed E-state index contributed by atoms with van der Waals surface area (Å²) in [5.74, 6) is -0.709. The maximum atomic E-state index is 14.1. The summed E-state index contributed by atoms with van der Waals surface area (Å²) in [4.78, 5) is 12.3. The van der Waals surface area contributed by atoms with Crippen molar-refractivity contribution in [1.82, 2.24) is 10.2 Å². The quantitative estimate of drug-likeness (QED) is 0.664. The van der Waals surface area contributed by atoms with Gasteiger partial charge in [0.1, 0.15) is 0 Å². The molecule has 1 N–H and O–H groups in total. The van der Waals surface area contributed by atoms with Gasteiger partial charge in [0.05, 0.1) is 4.92 Å². The fraction of sp³-hybridized carbons (Fsp3) is 0.571. The zero-order chi connectivity index (χ0) is 14.5. The van der Waals surface area contributed by atoms with Gasteiger partial charge >= 0.3 is 5.69 Å². The second-order valence-corrected chi connectivity index (χ2v) is 5.07. The number of hydrogen-bond donors (Lipinski definition) is 1. The van der Waals surface area contributed by atoms with E-state index in [1.165, 1.54) is 6.07 Å². The van der Waals surface area contributed by atoms with Crippen LogP contribution in [0.4, 0.5) is 10.1 Å². The van der Waals surface area contributed by atoms with Crippen molar-refractivity contribution in [3.63, 3.8) is 0 Å². The van der Waals surface area contributed by atoms with Crippen molar-refractivity contribution in [3.05, 3.63) is 39.7 Å². The SMILES string of the molecule is CCN(Cc1cccc([N+](=O)[O-])c1F)C1CCCNC1. The molecule has 0 radical (unpaired) electrons. The molecule has 1 saturated heterocycles. The third-order valence-electron chi connectivity index (χ3n) is 3.82. The van der Waals surface area contributed by atoms with Crippen LogP contribution in [-0.4, -0.2) is 35.5 Å². The van der Waals surface area contributed by atoms with E-state index in [1.807, 2.05) is 6.92 Å². The molecule has 1 atom stereocenters. The van der Waals surface area contributed by atoms with E-state index in [4.69, 9.17) is 0 Å². The molecule has 1 aromatic carbocycles. The molecular formula is C14H20FN3O2. The first-order valence-electron chi connectivity index (χ1n) is 7.00. The summed E-state index contributed by atoms with van der Waals surface area (Å²) in [6, 6.07) is 4.74. The Morgan fingerprint density at radius 2 is 2.35 bits per heavy atom. The minimum atomic E-state index is -0.709. The topological polar surface area (TPSA) is 58.4 Å². The molecule has 0 bridgehead atoms. The summed E-state index contributed by atoms with van der Waals surface area (Å²) in [6.45, 7) is 5.16. The number of rotatable bonds is 5. The van der Waals surface area contributed by atoms with Gasteiger partial charge in [0.2, 0.25) is 5.82 Å². The minimum Gasteiger partial charge on any atom is -0.315 e. The highest BCUT2D eigenvalue weighted by atomic mass is 19.1. The Bertz CT molecular complexity index is 475. The van der Waals surface area contributed by atoms with Crippen LogP contribution in [0.25, 0.3) is 0 Å². The number of hydrogen-bond acceptors (Lipinski definition) is 4. The van der Waals surface area contributed by atoms with Gasteiger partial charge in [-0.05, 0) is 25.9 Å². The largest absolute Gasteiger partial charge is 0.315 e. The number of nitro benzene ring substituents is 1. The summed E-state index contributed by atoms with van der Waals surface area (Å²) in [7, 11) is 0. The highest BCUT2D eigenvalue weighted by Gasteiger charge is 2.23. The van der Waals surface area contributed by atoms with Crippen molar-refractivity contribution < 1.29 is 9.31 Å². The second kappa shape index (κ2) is 6.76. The number of nitrogens with zero attached hydrogens (tertiary/aromatic N) is 2. The van der Waals surface area contributed by atoms with E-state index in [1.54, 1.807) is 12.1 Å². The van der Waals surface area contributed by atoms with Crippen LogP contribution in [0, 0.1) is 15.9 Å². The zero-order valence-corrected chi connectivity index (χ0v) is 11.6. The van der Waals surface area contributed by atoms with Crippen molar-refractivity contribution in [2.24, 2.45) is 0 Å². The van der Waals surface area contributed by atoms with Gasteiger partial charge in [-0.25, -0.2) is 0 Å². The first-order valence-corrected chi connectivity index (χ1v) is 7.00. The average Bonchev–Trinajstić information content (AvgIpc) is 2.47. The summed E-state index contributed by atoms with van der Waals surface area (Å²) in [5.41, 5.74) is -0.0491. The number of likely N-dealkylation sites (N-methyl/N-ethyl adjacent to an activating group) is 1. The van der Waals surface area contributed by atoms with Crippen LogP contribution in [0.5, 0.6) is 0 Å². The van der Waals surface area contributed by atoms with E-state index in [0.29, 0.717) is 18.2 Å². The van der Waals surface area contributed by atoms with Gasteiger partial charge in [0, 0.05) is 30.8 Å². The van der Waals surface area contributed by atoms with E-state index >= 15 is 0 Å². The van der Waals surface area contributed by atoms with Crippen LogP contribution >= 0.6 is 0 Å².